The van der Waals surface area contributed by atoms with Crippen molar-refractivity contribution in [3.8, 4) is 5.75 Å². The molecule has 134 valence electrons. The Labute approximate surface area is 162 Å². The number of halogens is 1. The maximum atomic E-state index is 5.91. The van der Waals surface area contributed by atoms with E-state index in [1.54, 1.807) is 13.3 Å². The number of benzene rings is 2. The predicted molar refractivity (Wildman–Crippen MR) is 110 cm³/mol. The van der Waals surface area contributed by atoms with Crippen LogP contribution in [-0.2, 0) is 6.54 Å². The van der Waals surface area contributed by atoms with Crippen LogP contribution in [0.2, 0.25) is 5.02 Å². The molecule has 0 spiro atoms. The lowest BCUT2D eigenvalue weighted by molar-refractivity contribution is 0.417. The largest absolute Gasteiger partial charge is 0.495 e. The van der Waals surface area contributed by atoms with E-state index in [0.29, 0.717) is 11.7 Å². The molecule has 3 aromatic rings. The first kappa shape index (κ1) is 18.2. The summed E-state index contributed by atoms with van der Waals surface area (Å²) in [6.45, 7) is 2.67. The van der Waals surface area contributed by atoms with Gasteiger partial charge in [-0.05, 0) is 54.5 Å². The highest BCUT2D eigenvalue weighted by Crippen LogP contribution is 2.25. The molecule has 2 N–H and O–H groups in total. The van der Waals surface area contributed by atoms with Crippen LogP contribution in [0, 0.1) is 6.92 Å². The molecule has 0 atom stereocenters. The Morgan fingerprint density at radius 3 is 2.69 bits per heavy atom. The Bertz CT molecular complexity index is 908. The SMILES string of the molecule is COc1ccc(C)cc1NC(=S)Nc1cnn(Cc2ccc(Cl)cc2)c1. The van der Waals surface area contributed by atoms with Crippen molar-refractivity contribution in [2.24, 2.45) is 0 Å². The van der Waals surface area contributed by atoms with Gasteiger partial charge in [-0.15, -0.1) is 0 Å². The van der Waals surface area contributed by atoms with E-state index in [-0.39, 0.29) is 0 Å². The zero-order valence-electron chi connectivity index (χ0n) is 14.5. The summed E-state index contributed by atoms with van der Waals surface area (Å²) < 4.78 is 7.19. The molecule has 3 rings (SSSR count). The quantitative estimate of drug-likeness (QED) is 0.622. The van der Waals surface area contributed by atoms with Crippen LogP contribution < -0.4 is 15.4 Å². The van der Waals surface area contributed by atoms with Gasteiger partial charge in [-0.25, -0.2) is 0 Å². The molecule has 0 fully saturated rings. The molecule has 0 aliphatic carbocycles. The van der Waals surface area contributed by atoms with Crippen molar-refractivity contribution in [2.45, 2.75) is 13.5 Å². The van der Waals surface area contributed by atoms with Crippen molar-refractivity contribution < 1.29 is 4.74 Å². The average Bonchev–Trinajstić information content (AvgIpc) is 3.04. The van der Waals surface area contributed by atoms with Crippen molar-refractivity contribution in [3.63, 3.8) is 0 Å². The molecule has 26 heavy (non-hydrogen) atoms. The van der Waals surface area contributed by atoms with Crippen LogP contribution in [0.1, 0.15) is 11.1 Å². The summed E-state index contributed by atoms with van der Waals surface area (Å²) >= 11 is 11.3. The van der Waals surface area contributed by atoms with Gasteiger partial charge in [0, 0.05) is 11.2 Å². The minimum Gasteiger partial charge on any atom is -0.495 e. The predicted octanol–water partition coefficient (Wildman–Crippen LogP) is 4.71. The highest BCUT2D eigenvalue weighted by Gasteiger charge is 2.07. The molecule has 1 heterocycles. The second kappa shape index (κ2) is 8.21. The number of rotatable bonds is 5. The monoisotopic (exact) mass is 386 g/mol. The Morgan fingerprint density at radius 1 is 1.19 bits per heavy atom. The highest BCUT2D eigenvalue weighted by molar-refractivity contribution is 7.80. The summed E-state index contributed by atoms with van der Waals surface area (Å²) in [4.78, 5) is 0. The molecule has 0 saturated heterocycles. The topological polar surface area (TPSA) is 51.1 Å². The molecule has 2 aromatic carbocycles. The van der Waals surface area contributed by atoms with E-state index in [9.17, 15) is 0 Å². The number of anilines is 2. The molecule has 5 nitrogen and oxygen atoms in total. The molecule has 0 radical (unpaired) electrons. The number of hydrogen-bond donors (Lipinski definition) is 2. The number of nitrogens with zero attached hydrogens (tertiary/aromatic N) is 2. The van der Waals surface area contributed by atoms with Gasteiger partial charge in [-0.2, -0.15) is 5.10 Å². The summed E-state index contributed by atoms with van der Waals surface area (Å²) in [6, 6.07) is 13.6. The fraction of sp³-hybridized carbons (Fsp3) is 0.158. The Kier molecular flexibility index (Phi) is 5.75. The molecular weight excluding hydrogens is 368 g/mol. The fourth-order valence-electron chi connectivity index (χ4n) is 2.50. The molecule has 0 aliphatic rings. The Balaban J connectivity index is 1.62. The zero-order valence-corrected chi connectivity index (χ0v) is 16.1. The fourth-order valence-corrected chi connectivity index (χ4v) is 2.85. The molecular formula is C19H19ClN4OS. The lowest BCUT2D eigenvalue weighted by atomic mass is 10.2. The first-order valence-corrected chi connectivity index (χ1v) is 8.81. The van der Waals surface area contributed by atoms with Crippen LogP contribution in [0.3, 0.4) is 0 Å². The third-order valence-electron chi connectivity index (χ3n) is 3.75. The lowest BCUT2D eigenvalue weighted by Crippen LogP contribution is -2.19. The standard InChI is InChI=1S/C19H19ClN4OS/c1-13-3-8-18(25-2)17(9-13)23-19(26)22-16-10-21-24(12-16)11-14-4-6-15(20)7-5-14/h3-10,12H,11H2,1-2H3,(H2,22,23,26). The molecule has 0 unspecified atom stereocenters. The number of aryl methyl sites for hydroxylation is 1. The van der Waals surface area contributed by atoms with E-state index >= 15 is 0 Å². The van der Waals surface area contributed by atoms with Gasteiger partial charge in [-0.3, -0.25) is 4.68 Å². The van der Waals surface area contributed by atoms with Gasteiger partial charge < -0.3 is 15.4 Å². The van der Waals surface area contributed by atoms with Crippen LogP contribution in [0.15, 0.2) is 54.9 Å². The van der Waals surface area contributed by atoms with Crippen LogP contribution in [0.25, 0.3) is 0 Å². The number of hydrogen-bond acceptors (Lipinski definition) is 3. The number of thiocarbonyl (C=S) groups is 1. The second-order valence-electron chi connectivity index (χ2n) is 5.84. The van der Waals surface area contributed by atoms with Crippen molar-refractivity contribution in [1.29, 1.82) is 0 Å². The van der Waals surface area contributed by atoms with Crippen LogP contribution in [0.4, 0.5) is 11.4 Å². The van der Waals surface area contributed by atoms with Crippen molar-refractivity contribution in [2.75, 3.05) is 17.7 Å². The first-order chi connectivity index (χ1) is 12.5. The normalized spacial score (nSPS) is 10.4. The number of aromatic nitrogens is 2. The summed E-state index contributed by atoms with van der Waals surface area (Å²) in [6.07, 6.45) is 3.63. The summed E-state index contributed by atoms with van der Waals surface area (Å²) in [7, 11) is 1.63. The highest BCUT2D eigenvalue weighted by atomic mass is 35.5. The maximum absolute atomic E-state index is 5.91. The van der Waals surface area contributed by atoms with E-state index in [0.717, 1.165) is 33.3 Å². The second-order valence-corrected chi connectivity index (χ2v) is 6.68. The third-order valence-corrected chi connectivity index (χ3v) is 4.21. The molecule has 0 amide bonds. The lowest BCUT2D eigenvalue weighted by Gasteiger charge is -2.13. The minimum absolute atomic E-state index is 0.472. The van der Waals surface area contributed by atoms with E-state index in [4.69, 9.17) is 28.6 Å². The summed E-state index contributed by atoms with van der Waals surface area (Å²) in [5.41, 5.74) is 3.86. The van der Waals surface area contributed by atoms with Gasteiger partial charge in [-0.1, -0.05) is 29.8 Å². The van der Waals surface area contributed by atoms with Gasteiger partial charge in [0.15, 0.2) is 5.11 Å². The average molecular weight is 387 g/mol. The summed E-state index contributed by atoms with van der Waals surface area (Å²) in [5, 5.41) is 11.8. The van der Waals surface area contributed by atoms with Crippen LogP contribution >= 0.6 is 23.8 Å². The van der Waals surface area contributed by atoms with Gasteiger partial charge in [0.2, 0.25) is 0 Å². The van der Waals surface area contributed by atoms with Gasteiger partial charge in [0.05, 0.1) is 31.2 Å². The van der Waals surface area contributed by atoms with Gasteiger partial charge in [0.1, 0.15) is 5.75 Å². The van der Waals surface area contributed by atoms with Crippen molar-refractivity contribution >= 4 is 40.3 Å². The van der Waals surface area contributed by atoms with Crippen LogP contribution in [-0.4, -0.2) is 22.0 Å². The molecule has 7 heteroatoms. The molecule has 0 aliphatic heterocycles. The van der Waals surface area contributed by atoms with Gasteiger partial charge in [0.25, 0.3) is 0 Å². The number of methoxy groups -OCH3 is 1. The molecule has 1 aromatic heterocycles. The minimum atomic E-state index is 0.472. The molecule has 0 bridgehead atoms. The van der Waals surface area contributed by atoms with E-state index < -0.39 is 0 Å². The van der Waals surface area contributed by atoms with Gasteiger partial charge >= 0.3 is 0 Å². The number of ether oxygens (including phenoxy) is 1. The first-order valence-electron chi connectivity index (χ1n) is 8.03. The van der Waals surface area contributed by atoms with E-state index in [1.807, 2.05) is 60.3 Å². The molecule has 0 saturated carbocycles. The van der Waals surface area contributed by atoms with Crippen molar-refractivity contribution in [3.05, 3.63) is 71.0 Å². The smallest absolute Gasteiger partial charge is 0.175 e. The summed E-state index contributed by atoms with van der Waals surface area (Å²) in [5.74, 6) is 0.734. The van der Waals surface area contributed by atoms with E-state index in [2.05, 4.69) is 15.7 Å². The Morgan fingerprint density at radius 2 is 1.96 bits per heavy atom. The van der Waals surface area contributed by atoms with E-state index in [1.165, 1.54) is 0 Å². The van der Waals surface area contributed by atoms with Crippen LogP contribution in [0.5, 0.6) is 5.75 Å². The zero-order chi connectivity index (χ0) is 18.5. The third kappa shape index (κ3) is 4.74. The van der Waals surface area contributed by atoms with Crippen molar-refractivity contribution in [1.82, 2.24) is 9.78 Å². The maximum Gasteiger partial charge on any atom is 0.175 e. The Hall–Kier alpha value is -2.57. The number of nitrogens with one attached hydrogen (secondary N) is 2.